The SMILES string of the molecule is O=C(O)CCC1C2CCCC1CC(=O)C2. The number of ketones is 1. The Morgan fingerprint density at radius 2 is 1.87 bits per heavy atom. The number of Topliss-reactive ketones (excluding diaryl/α,β-unsaturated/α-hetero) is 1. The van der Waals surface area contributed by atoms with Gasteiger partial charge < -0.3 is 5.11 Å². The number of carboxylic acids is 1. The summed E-state index contributed by atoms with van der Waals surface area (Å²) in [4.78, 5) is 22.0. The van der Waals surface area contributed by atoms with Gasteiger partial charge in [0.15, 0.2) is 0 Å². The van der Waals surface area contributed by atoms with Crippen LogP contribution in [0, 0.1) is 17.8 Å². The lowest BCUT2D eigenvalue weighted by Gasteiger charge is -2.41. The van der Waals surface area contributed by atoms with Crippen LogP contribution < -0.4 is 0 Å². The van der Waals surface area contributed by atoms with Crippen LogP contribution in [0.15, 0.2) is 0 Å². The Balaban J connectivity index is 1.97. The molecular formula is C12H18O3. The van der Waals surface area contributed by atoms with Gasteiger partial charge in [-0.2, -0.15) is 0 Å². The average Bonchev–Trinajstić information content (AvgIpc) is 2.14. The summed E-state index contributed by atoms with van der Waals surface area (Å²) in [5.74, 6) is 1.18. The predicted molar refractivity (Wildman–Crippen MR) is 55.4 cm³/mol. The maximum Gasteiger partial charge on any atom is 0.303 e. The van der Waals surface area contributed by atoms with Crippen LogP contribution in [0.4, 0.5) is 0 Å². The maximum absolute atomic E-state index is 11.4. The van der Waals surface area contributed by atoms with Crippen LogP contribution in [0.3, 0.4) is 0 Å². The number of carbonyl (C=O) groups is 2. The molecule has 3 heteroatoms. The van der Waals surface area contributed by atoms with Crippen LogP contribution in [0.25, 0.3) is 0 Å². The highest BCUT2D eigenvalue weighted by molar-refractivity contribution is 5.80. The van der Waals surface area contributed by atoms with Gasteiger partial charge in [0.05, 0.1) is 0 Å². The van der Waals surface area contributed by atoms with Crippen LogP contribution in [-0.2, 0) is 9.59 Å². The minimum absolute atomic E-state index is 0.270. The zero-order chi connectivity index (χ0) is 10.8. The first-order chi connectivity index (χ1) is 7.16. The second kappa shape index (κ2) is 4.33. The van der Waals surface area contributed by atoms with Gasteiger partial charge in [-0.05, 0) is 37.0 Å². The molecule has 0 aromatic heterocycles. The molecule has 0 heterocycles. The summed E-state index contributed by atoms with van der Waals surface area (Å²) < 4.78 is 0. The molecule has 0 radical (unpaired) electrons. The normalized spacial score (nSPS) is 35.2. The molecule has 3 nitrogen and oxygen atoms in total. The summed E-state index contributed by atoms with van der Waals surface area (Å²) in [6.07, 6.45) is 5.95. The zero-order valence-electron chi connectivity index (χ0n) is 8.95. The first-order valence-corrected chi connectivity index (χ1v) is 5.90. The standard InChI is InChI=1S/C12H18O3/c13-10-6-8-2-1-3-9(7-10)11(8)4-5-12(14)15/h8-9,11H,1-7H2,(H,14,15). The van der Waals surface area contributed by atoms with E-state index in [9.17, 15) is 9.59 Å². The van der Waals surface area contributed by atoms with E-state index in [0.717, 1.165) is 19.3 Å². The molecule has 2 fully saturated rings. The Morgan fingerprint density at radius 1 is 1.27 bits per heavy atom. The summed E-state index contributed by atoms with van der Waals surface area (Å²) in [5, 5.41) is 8.69. The summed E-state index contributed by atoms with van der Waals surface area (Å²) >= 11 is 0. The van der Waals surface area contributed by atoms with Crippen molar-refractivity contribution in [3.05, 3.63) is 0 Å². The third kappa shape index (κ3) is 2.39. The molecule has 2 atom stereocenters. The van der Waals surface area contributed by atoms with Crippen molar-refractivity contribution >= 4 is 11.8 Å². The molecule has 0 amide bonds. The fourth-order valence-corrected chi connectivity index (χ4v) is 3.39. The van der Waals surface area contributed by atoms with E-state index in [2.05, 4.69) is 0 Å². The summed E-state index contributed by atoms with van der Waals surface area (Å²) in [6.45, 7) is 0. The van der Waals surface area contributed by atoms with Crippen molar-refractivity contribution in [2.24, 2.45) is 17.8 Å². The molecule has 2 aliphatic rings. The highest BCUT2D eigenvalue weighted by atomic mass is 16.4. The molecule has 1 N–H and O–H groups in total. The Labute approximate surface area is 89.9 Å². The van der Waals surface area contributed by atoms with Crippen molar-refractivity contribution in [2.75, 3.05) is 0 Å². The Morgan fingerprint density at radius 3 is 2.40 bits per heavy atom. The minimum Gasteiger partial charge on any atom is -0.481 e. The van der Waals surface area contributed by atoms with Gasteiger partial charge >= 0.3 is 5.97 Å². The van der Waals surface area contributed by atoms with Gasteiger partial charge in [0.2, 0.25) is 0 Å². The van der Waals surface area contributed by atoms with E-state index in [1.807, 2.05) is 0 Å². The van der Waals surface area contributed by atoms with E-state index in [4.69, 9.17) is 5.11 Å². The fourth-order valence-electron chi connectivity index (χ4n) is 3.39. The number of hydrogen-bond acceptors (Lipinski definition) is 2. The molecule has 15 heavy (non-hydrogen) atoms. The third-order valence-electron chi connectivity index (χ3n) is 4.03. The number of carbonyl (C=O) groups excluding carboxylic acids is 1. The van der Waals surface area contributed by atoms with Crippen molar-refractivity contribution in [1.82, 2.24) is 0 Å². The van der Waals surface area contributed by atoms with E-state index in [1.54, 1.807) is 0 Å². The number of aliphatic carboxylic acids is 1. The van der Waals surface area contributed by atoms with Gasteiger partial charge in [0.1, 0.15) is 5.78 Å². The number of rotatable bonds is 3. The fraction of sp³-hybridized carbons (Fsp3) is 0.833. The molecule has 2 saturated carbocycles. The Hall–Kier alpha value is -0.860. The predicted octanol–water partition coefficient (Wildman–Crippen LogP) is 2.25. The molecule has 0 aromatic carbocycles. The molecule has 2 unspecified atom stereocenters. The van der Waals surface area contributed by atoms with E-state index in [1.165, 1.54) is 6.42 Å². The van der Waals surface area contributed by atoms with Crippen LogP contribution in [0.2, 0.25) is 0 Å². The quantitative estimate of drug-likeness (QED) is 0.777. The maximum atomic E-state index is 11.4. The Bertz CT molecular complexity index is 256. The molecule has 2 rings (SSSR count). The van der Waals surface area contributed by atoms with Crippen molar-refractivity contribution < 1.29 is 14.7 Å². The average molecular weight is 210 g/mol. The lowest BCUT2D eigenvalue weighted by Crippen LogP contribution is -2.36. The minimum atomic E-state index is -0.704. The first kappa shape index (κ1) is 10.7. The van der Waals surface area contributed by atoms with Gasteiger partial charge in [-0.3, -0.25) is 9.59 Å². The molecule has 0 spiro atoms. The number of hydrogen-bond donors (Lipinski definition) is 1. The van der Waals surface area contributed by atoms with E-state index < -0.39 is 5.97 Å². The van der Waals surface area contributed by atoms with Crippen LogP contribution in [0.5, 0.6) is 0 Å². The molecule has 0 aromatic rings. The monoisotopic (exact) mass is 210 g/mol. The van der Waals surface area contributed by atoms with Gasteiger partial charge in [-0.1, -0.05) is 6.42 Å². The van der Waals surface area contributed by atoms with Crippen LogP contribution in [0.1, 0.15) is 44.9 Å². The second-order valence-electron chi connectivity index (χ2n) is 4.99. The van der Waals surface area contributed by atoms with E-state index >= 15 is 0 Å². The highest BCUT2D eigenvalue weighted by Gasteiger charge is 2.39. The van der Waals surface area contributed by atoms with Crippen molar-refractivity contribution in [2.45, 2.75) is 44.9 Å². The molecule has 2 bridgehead atoms. The largest absolute Gasteiger partial charge is 0.481 e. The smallest absolute Gasteiger partial charge is 0.303 e. The van der Waals surface area contributed by atoms with Crippen LogP contribution >= 0.6 is 0 Å². The van der Waals surface area contributed by atoms with Gasteiger partial charge in [0, 0.05) is 19.3 Å². The summed E-state index contributed by atoms with van der Waals surface area (Å²) in [6, 6.07) is 0. The van der Waals surface area contributed by atoms with Crippen LogP contribution in [-0.4, -0.2) is 16.9 Å². The van der Waals surface area contributed by atoms with Crippen molar-refractivity contribution in [3.8, 4) is 0 Å². The topological polar surface area (TPSA) is 54.4 Å². The second-order valence-corrected chi connectivity index (χ2v) is 4.99. The number of carboxylic acid groups (broad SMARTS) is 1. The molecule has 0 aliphatic heterocycles. The molecule has 84 valence electrons. The first-order valence-electron chi connectivity index (χ1n) is 5.90. The van der Waals surface area contributed by atoms with Gasteiger partial charge in [-0.15, -0.1) is 0 Å². The van der Waals surface area contributed by atoms with E-state index in [0.29, 0.717) is 36.4 Å². The molecule has 0 saturated heterocycles. The number of fused-ring (bicyclic) bond motifs is 2. The van der Waals surface area contributed by atoms with Gasteiger partial charge in [-0.25, -0.2) is 0 Å². The highest BCUT2D eigenvalue weighted by Crippen LogP contribution is 2.45. The lowest BCUT2D eigenvalue weighted by atomic mass is 9.63. The third-order valence-corrected chi connectivity index (χ3v) is 4.03. The summed E-state index contributed by atoms with van der Waals surface area (Å²) in [7, 11) is 0. The molecular weight excluding hydrogens is 192 g/mol. The summed E-state index contributed by atoms with van der Waals surface area (Å²) in [5.41, 5.74) is 0. The van der Waals surface area contributed by atoms with E-state index in [-0.39, 0.29) is 6.42 Å². The zero-order valence-corrected chi connectivity index (χ0v) is 8.95. The van der Waals surface area contributed by atoms with Crippen molar-refractivity contribution in [3.63, 3.8) is 0 Å². The molecule has 2 aliphatic carbocycles. The van der Waals surface area contributed by atoms with Gasteiger partial charge in [0.25, 0.3) is 0 Å². The Kier molecular flexibility index (Phi) is 3.08. The lowest BCUT2D eigenvalue weighted by molar-refractivity contribution is -0.137. The van der Waals surface area contributed by atoms with Crippen molar-refractivity contribution in [1.29, 1.82) is 0 Å².